The van der Waals surface area contributed by atoms with Crippen molar-refractivity contribution in [3.63, 3.8) is 0 Å². The summed E-state index contributed by atoms with van der Waals surface area (Å²) in [6.07, 6.45) is 0. The molecule has 1 aliphatic heterocycles. The fourth-order valence-corrected chi connectivity index (χ4v) is 6.90. The monoisotopic (exact) mass is 629 g/mol. The Balaban J connectivity index is 1.07. The third-order valence-corrected chi connectivity index (χ3v) is 9.43. The molecule has 0 bridgehead atoms. The van der Waals surface area contributed by atoms with Crippen LogP contribution in [0.1, 0.15) is 10.4 Å². The minimum atomic E-state index is -3.75. The summed E-state index contributed by atoms with van der Waals surface area (Å²) in [5.74, 6) is 0.378. The van der Waals surface area contributed by atoms with E-state index < -0.39 is 10.0 Å². The molecule has 2 heterocycles. The lowest BCUT2D eigenvalue weighted by Crippen LogP contribution is -2.48. The Morgan fingerprint density at radius 3 is 2.44 bits per heavy atom. The number of carbonyl (C=O) groups excluding carboxylic acids is 1. The summed E-state index contributed by atoms with van der Waals surface area (Å²) in [6, 6.07) is 18.6. The molecule has 2 N–H and O–H groups in total. The van der Waals surface area contributed by atoms with Crippen molar-refractivity contribution in [2.45, 2.75) is 4.90 Å². The number of benzene rings is 3. The molecule has 0 radical (unpaired) electrons. The molecule has 39 heavy (non-hydrogen) atoms. The van der Waals surface area contributed by atoms with Gasteiger partial charge in [0.15, 0.2) is 5.13 Å². The predicted molar refractivity (Wildman–Crippen MR) is 159 cm³/mol. The van der Waals surface area contributed by atoms with Gasteiger partial charge in [-0.05, 0) is 66.7 Å². The van der Waals surface area contributed by atoms with Gasteiger partial charge in [-0.2, -0.15) is 0 Å². The van der Waals surface area contributed by atoms with Crippen LogP contribution in [0.5, 0.6) is 5.75 Å². The maximum absolute atomic E-state index is 12.6. The molecule has 1 saturated heterocycles. The normalized spacial score (nSPS) is 14.4. The summed E-state index contributed by atoms with van der Waals surface area (Å²) in [4.78, 5) is 22.2. The van der Waals surface area contributed by atoms with Crippen molar-refractivity contribution in [1.29, 1.82) is 0 Å². The first-order chi connectivity index (χ1) is 18.8. The number of halogens is 1. The fraction of sp³-hybridized carbons (Fsp3) is 0.259. The number of anilines is 2. The van der Waals surface area contributed by atoms with Gasteiger partial charge in [0.2, 0.25) is 0 Å². The van der Waals surface area contributed by atoms with E-state index in [2.05, 4.69) is 41.8 Å². The Hall–Kier alpha value is -3.19. The molecule has 204 valence electrons. The molecule has 0 atom stereocenters. The van der Waals surface area contributed by atoms with Crippen LogP contribution < -0.4 is 19.7 Å². The number of methoxy groups -OCH3 is 1. The topological polar surface area (TPSA) is 104 Å². The lowest BCUT2D eigenvalue weighted by Gasteiger charge is -2.34. The molecule has 1 amide bonds. The van der Waals surface area contributed by atoms with Gasteiger partial charge in [-0.3, -0.25) is 14.4 Å². The molecular weight excluding hydrogens is 602 g/mol. The number of carbonyl (C=O) groups is 1. The van der Waals surface area contributed by atoms with E-state index in [4.69, 9.17) is 9.72 Å². The van der Waals surface area contributed by atoms with E-state index in [0.717, 1.165) is 47.8 Å². The van der Waals surface area contributed by atoms with Crippen LogP contribution in [-0.2, 0) is 10.0 Å². The van der Waals surface area contributed by atoms with Crippen molar-refractivity contribution in [2.24, 2.45) is 0 Å². The number of sulfonamides is 1. The summed E-state index contributed by atoms with van der Waals surface area (Å²) in [5.41, 5.74) is 1.86. The molecule has 0 saturated carbocycles. The Morgan fingerprint density at radius 1 is 1.03 bits per heavy atom. The molecule has 1 aliphatic rings. The highest BCUT2D eigenvalue weighted by atomic mass is 79.9. The van der Waals surface area contributed by atoms with Crippen LogP contribution >= 0.6 is 27.3 Å². The van der Waals surface area contributed by atoms with Crippen molar-refractivity contribution in [2.75, 3.05) is 56.0 Å². The first-order valence-electron chi connectivity index (χ1n) is 12.4. The molecule has 3 aromatic carbocycles. The summed E-state index contributed by atoms with van der Waals surface area (Å²) >= 11 is 5.23. The molecule has 12 heteroatoms. The number of thiazole rings is 1. The number of rotatable bonds is 9. The lowest BCUT2D eigenvalue weighted by atomic mass is 10.2. The van der Waals surface area contributed by atoms with Gasteiger partial charge in [0, 0.05) is 55.0 Å². The zero-order chi connectivity index (χ0) is 27.4. The van der Waals surface area contributed by atoms with Crippen LogP contribution in [0.25, 0.3) is 10.2 Å². The molecule has 0 aliphatic carbocycles. The Kier molecular flexibility index (Phi) is 8.36. The maximum Gasteiger partial charge on any atom is 0.261 e. The van der Waals surface area contributed by atoms with Gasteiger partial charge in [0.05, 0.1) is 22.2 Å². The van der Waals surface area contributed by atoms with Crippen LogP contribution in [0.4, 0.5) is 10.8 Å². The van der Waals surface area contributed by atoms with E-state index in [0.29, 0.717) is 23.5 Å². The minimum absolute atomic E-state index is 0.124. The first kappa shape index (κ1) is 27.4. The van der Waals surface area contributed by atoms with Crippen molar-refractivity contribution in [3.8, 4) is 5.75 Å². The van der Waals surface area contributed by atoms with Crippen LogP contribution in [0.15, 0.2) is 76.1 Å². The smallest absolute Gasteiger partial charge is 0.261 e. The predicted octanol–water partition coefficient (Wildman–Crippen LogP) is 4.42. The second-order valence-corrected chi connectivity index (χ2v) is 12.7. The molecule has 5 rings (SSSR count). The van der Waals surface area contributed by atoms with Crippen molar-refractivity contribution < 1.29 is 17.9 Å². The van der Waals surface area contributed by atoms with Gasteiger partial charge in [-0.25, -0.2) is 13.4 Å². The van der Waals surface area contributed by atoms with Crippen LogP contribution in [0.2, 0.25) is 0 Å². The van der Waals surface area contributed by atoms with E-state index in [-0.39, 0.29) is 10.8 Å². The highest BCUT2D eigenvalue weighted by Crippen LogP contribution is 2.31. The van der Waals surface area contributed by atoms with Crippen LogP contribution in [0.3, 0.4) is 0 Å². The Bertz CT molecular complexity index is 1550. The van der Waals surface area contributed by atoms with E-state index in [1.807, 2.05) is 12.1 Å². The first-order valence-corrected chi connectivity index (χ1v) is 15.5. The average molecular weight is 631 g/mol. The van der Waals surface area contributed by atoms with Gasteiger partial charge in [-0.15, -0.1) is 0 Å². The number of piperazine rings is 1. The fourth-order valence-electron chi connectivity index (χ4n) is 4.27. The van der Waals surface area contributed by atoms with Crippen molar-refractivity contribution in [1.82, 2.24) is 15.2 Å². The minimum Gasteiger partial charge on any atom is -0.497 e. The molecule has 1 fully saturated rings. The molecule has 0 spiro atoms. The number of nitrogens with one attached hydrogen (secondary N) is 2. The molecule has 0 unspecified atom stereocenters. The molecule has 4 aromatic rings. The Morgan fingerprint density at radius 2 is 1.74 bits per heavy atom. The lowest BCUT2D eigenvalue weighted by molar-refractivity contribution is 0.0948. The molecule has 9 nitrogen and oxygen atoms in total. The Labute approximate surface area is 240 Å². The second kappa shape index (κ2) is 11.9. The van der Waals surface area contributed by atoms with Crippen LogP contribution in [-0.4, -0.2) is 70.6 Å². The summed E-state index contributed by atoms with van der Waals surface area (Å²) in [5, 5.41) is 4.00. The third-order valence-electron chi connectivity index (χ3n) is 6.46. The van der Waals surface area contributed by atoms with Gasteiger partial charge in [-0.1, -0.05) is 27.3 Å². The van der Waals surface area contributed by atoms with Crippen molar-refractivity contribution in [3.05, 3.63) is 76.8 Å². The zero-order valence-corrected chi connectivity index (χ0v) is 24.5. The highest BCUT2D eigenvalue weighted by Gasteiger charge is 2.20. The largest absolute Gasteiger partial charge is 0.497 e. The number of amides is 1. The summed E-state index contributed by atoms with van der Waals surface area (Å²) in [7, 11) is -2.23. The number of hydrogen-bond donors (Lipinski definition) is 2. The number of ether oxygens (including phenoxy) is 1. The average Bonchev–Trinajstić information content (AvgIpc) is 3.37. The van der Waals surface area contributed by atoms with Gasteiger partial charge in [0.25, 0.3) is 15.9 Å². The number of fused-ring (bicyclic) bond motifs is 1. The van der Waals surface area contributed by atoms with Gasteiger partial charge >= 0.3 is 0 Å². The number of nitrogens with zero attached hydrogens (tertiary/aromatic N) is 3. The number of aromatic nitrogens is 1. The summed E-state index contributed by atoms with van der Waals surface area (Å²) < 4.78 is 35.1. The number of hydrogen-bond acceptors (Lipinski definition) is 8. The highest BCUT2D eigenvalue weighted by molar-refractivity contribution is 9.10. The maximum atomic E-state index is 12.6. The molecule has 1 aromatic heterocycles. The second-order valence-electron chi connectivity index (χ2n) is 9.05. The summed E-state index contributed by atoms with van der Waals surface area (Å²) in [6.45, 7) is 4.87. The van der Waals surface area contributed by atoms with E-state index in [1.54, 1.807) is 47.7 Å². The SMILES string of the molecule is COc1ccc(S(=O)(=O)Nc2ccc(C(=O)NCCN3CCN(c4nc5ccc(Br)cc5s4)CC3)cc2)cc1. The standard InChI is InChI=1S/C27H28BrN5O4S2/c1-37-22-7-9-23(10-8-22)39(35,36)31-21-5-2-19(3-6-21)26(34)29-12-13-32-14-16-33(17-15-32)27-30-24-11-4-20(28)18-25(24)38-27/h2-11,18,31H,12-17H2,1H3,(H,29,34). The van der Waals surface area contributed by atoms with Crippen molar-refractivity contribution >= 4 is 64.2 Å². The van der Waals surface area contributed by atoms with Crippen LogP contribution in [0, 0.1) is 0 Å². The molecular formula is C27H28BrN5O4S2. The van der Waals surface area contributed by atoms with E-state index >= 15 is 0 Å². The van der Waals surface area contributed by atoms with Gasteiger partial charge in [0.1, 0.15) is 5.75 Å². The quantitative estimate of drug-likeness (QED) is 0.282. The zero-order valence-electron chi connectivity index (χ0n) is 21.3. The third kappa shape index (κ3) is 6.70. The van der Waals surface area contributed by atoms with E-state index in [1.165, 1.54) is 23.9 Å². The van der Waals surface area contributed by atoms with Gasteiger partial charge < -0.3 is 15.0 Å². The van der Waals surface area contributed by atoms with E-state index in [9.17, 15) is 13.2 Å².